The average Bonchev–Trinajstić information content (AvgIpc) is 3.15. The molecule has 0 N–H and O–H groups in total. The molecule has 0 amide bonds. The zero-order valence-corrected chi connectivity index (χ0v) is 26.5. The first kappa shape index (κ1) is 31.2. The maximum absolute atomic E-state index is 3.74. The number of allylic oxidation sites excluding steroid dienone is 7. The Morgan fingerprint density at radius 2 is 1.48 bits per heavy atom. The number of hydrogen-bond donors (Lipinski definition) is 0. The highest BCUT2D eigenvalue weighted by atomic mass is 14.5. The van der Waals surface area contributed by atoms with Crippen LogP contribution in [0.4, 0.5) is 0 Å². The van der Waals surface area contributed by atoms with Gasteiger partial charge in [0.1, 0.15) is 0 Å². The molecule has 0 aliphatic heterocycles. The van der Waals surface area contributed by atoms with Crippen molar-refractivity contribution in [2.45, 2.75) is 92.4 Å². The van der Waals surface area contributed by atoms with Crippen molar-refractivity contribution in [2.24, 2.45) is 0 Å². The van der Waals surface area contributed by atoms with Crippen molar-refractivity contribution in [2.75, 3.05) is 0 Å². The number of fused-ring (bicyclic) bond motifs is 3. The standard InChI is InChI=1S/C29H28.C6H12.C5H10/c1-20-10-15-24-25-16-17-29(4,19-27(25)28(2,3)26(24)18-20)23-13-11-22(12-14-23)21-8-6-5-7-9-21;1-4-5-6(2)3;1-4-5(2)3/h5-16,18-19H,17H2,1-4H3;2,4-5H2,1,3H3;4H,1-3H3. The Morgan fingerprint density at radius 1 is 0.875 bits per heavy atom. The van der Waals surface area contributed by atoms with Crippen molar-refractivity contribution < 1.29 is 0 Å². The van der Waals surface area contributed by atoms with Crippen LogP contribution in [0.2, 0.25) is 0 Å². The van der Waals surface area contributed by atoms with Gasteiger partial charge in [0, 0.05) is 10.8 Å². The minimum atomic E-state index is 0.0302. The summed E-state index contributed by atoms with van der Waals surface area (Å²) >= 11 is 0. The van der Waals surface area contributed by atoms with Crippen LogP contribution in [-0.4, -0.2) is 0 Å². The lowest BCUT2D eigenvalue weighted by Gasteiger charge is -2.34. The van der Waals surface area contributed by atoms with Gasteiger partial charge in [0.25, 0.3) is 0 Å². The second-order valence-electron chi connectivity index (χ2n) is 12.5. The lowest BCUT2D eigenvalue weighted by Crippen LogP contribution is -2.25. The molecule has 2 aliphatic rings. The lowest BCUT2D eigenvalue weighted by atomic mass is 9.70. The van der Waals surface area contributed by atoms with Crippen LogP contribution in [0.1, 0.15) is 96.9 Å². The third kappa shape index (κ3) is 7.22. The van der Waals surface area contributed by atoms with Crippen LogP contribution < -0.4 is 0 Å². The third-order valence-electron chi connectivity index (χ3n) is 8.20. The molecule has 0 saturated heterocycles. The van der Waals surface area contributed by atoms with Crippen molar-refractivity contribution in [3.05, 3.63) is 137 Å². The van der Waals surface area contributed by atoms with Crippen molar-refractivity contribution in [3.8, 4) is 11.1 Å². The Balaban J connectivity index is 0.000000342. The van der Waals surface area contributed by atoms with Crippen LogP contribution in [0.3, 0.4) is 0 Å². The molecule has 0 heteroatoms. The summed E-state index contributed by atoms with van der Waals surface area (Å²) in [6.07, 6.45) is 10.6. The molecule has 0 aromatic heterocycles. The highest BCUT2D eigenvalue weighted by Crippen LogP contribution is 2.54. The van der Waals surface area contributed by atoms with Crippen molar-refractivity contribution in [3.63, 3.8) is 0 Å². The van der Waals surface area contributed by atoms with E-state index in [2.05, 4.69) is 153 Å². The highest BCUT2D eigenvalue weighted by molar-refractivity contribution is 5.91. The molecular weight excluding hydrogens is 480 g/mol. The largest absolute Gasteiger partial charge is 0.100 e. The number of hydrogen-bond acceptors (Lipinski definition) is 0. The van der Waals surface area contributed by atoms with Crippen LogP contribution in [0, 0.1) is 6.92 Å². The van der Waals surface area contributed by atoms with E-state index in [0.717, 1.165) is 6.42 Å². The van der Waals surface area contributed by atoms with Crippen molar-refractivity contribution in [1.82, 2.24) is 0 Å². The van der Waals surface area contributed by atoms with Gasteiger partial charge < -0.3 is 0 Å². The number of benzene rings is 3. The molecule has 210 valence electrons. The van der Waals surface area contributed by atoms with Crippen LogP contribution in [0.25, 0.3) is 16.7 Å². The maximum atomic E-state index is 3.74. The Kier molecular flexibility index (Phi) is 10.4. The minimum absolute atomic E-state index is 0.0302. The predicted octanol–water partition coefficient (Wildman–Crippen LogP) is 12.0. The Morgan fingerprint density at radius 3 is 2.00 bits per heavy atom. The Labute approximate surface area is 245 Å². The first-order valence-corrected chi connectivity index (χ1v) is 14.9. The van der Waals surface area contributed by atoms with Gasteiger partial charge >= 0.3 is 0 Å². The fraction of sp³-hybridized carbons (Fsp3) is 0.350. The molecular formula is C40H50. The topological polar surface area (TPSA) is 0 Å². The van der Waals surface area contributed by atoms with E-state index < -0.39 is 0 Å². The summed E-state index contributed by atoms with van der Waals surface area (Å²) in [7, 11) is 0. The van der Waals surface area contributed by atoms with Crippen LogP contribution in [0.5, 0.6) is 0 Å². The monoisotopic (exact) mass is 530 g/mol. The molecule has 0 spiro atoms. The van der Waals surface area contributed by atoms with E-state index in [9.17, 15) is 0 Å². The maximum Gasteiger partial charge on any atom is 0.0156 e. The first-order valence-electron chi connectivity index (χ1n) is 14.9. The van der Waals surface area contributed by atoms with Gasteiger partial charge in [-0.25, -0.2) is 0 Å². The molecule has 0 saturated carbocycles. The number of aryl methyl sites for hydroxylation is 1. The van der Waals surface area contributed by atoms with Crippen molar-refractivity contribution >= 4 is 5.57 Å². The molecule has 0 nitrogen and oxygen atoms in total. The second-order valence-corrected chi connectivity index (χ2v) is 12.5. The van der Waals surface area contributed by atoms with Gasteiger partial charge in [0.15, 0.2) is 0 Å². The first-order chi connectivity index (χ1) is 18.9. The average molecular weight is 531 g/mol. The van der Waals surface area contributed by atoms with E-state index in [1.165, 1.54) is 68.5 Å². The van der Waals surface area contributed by atoms with Gasteiger partial charge in [-0.3, -0.25) is 0 Å². The summed E-state index contributed by atoms with van der Waals surface area (Å²) in [5, 5.41) is 0. The van der Waals surface area contributed by atoms with Gasteiger partial charge in [-0.15, -0.1) is 6.58 Å². The van der Waals surface area contributed by atoms with Gasteiger partial charge in [-0.05, 0) is 86.4 Å². The van der Waals surface area contributed by atoms with Crippen molar-refractivity contribution in [1.29, 1.82) is 0 Å². The zero-order chi connectivity index (χ0) is 29.5. The van der Waals surface area contributed by atoms with E-state index in [1.807, 2.05) is 6.92 Å². The van der Waals surface area contributed by atoms with E-state index in [-0.39, 0.29) is 10.8 Å². The third-order valence-corrected chi connectivity index (χ3v) is 8.20. The molecule has 3 aromatic rings. The van der Waals surface area contributed by atoms with Crippen LogP contribution in [-0.2, 0) is 10.8 Å². The molecule has 0 bridgehead atoms. The summed E-state index contributed by atoms with van der Waals surface area (Å²) in [6, 6.07) is 26.7. The molecule has 40 heavy (non-hydrogen) atoms. The second kappa shape index (κ2) is 13.3. The fourth-order valence-electron chi connectivity index (χ4n) is 5.51. The molecule has 1 unspecified atom stereocenters. The SMILES string of the molecule is C=C(C)CCC.CC=C(C)C.Cc1ccc2c(c1)C(C)(C)C1=CC(C)(c3ccc(-c4ccccc4)cc3)CC=C12. The highest BCUT2D eigenvalue weighted by Gasteiger charge is 2.42. The molecule has 5 rings (SSSR count). The minimum Gasteiger partial charge on any atom is -0.100 e. The smallest absolute Gasteiger partial charge is 0.0156 e. The number of rotatable bonds is 4. The lowest BCUT2D eigenvalue weighted by molar-refractivity contribution is 0.571. The fourth-order valence-corrected chi connectivity index (χ4v) is 5.51. The van der Waals surface area contributed by atoms with Crippen LogP contribution in [0.15, 0.2) is 114 Å². The quantitative estimate of drug-likeness (QED) is 0.294. The Hall–Kier alpha value is -3.38. The van der Waals surface area contributed by atoms with E-state index >= 15 is 0 Å². The van der Waals surface area contributed by atoms with Crippen LogP contribution >= 0.6 is 0 Å². The molecule has 2 aliphatic carbocycles. The summed E-state index contributed by atoms with van der Waals surface area (Å²) in [4.78, 5) is 0. The Bertz CT molecular complexity index is 1390. The summed E-state index contributed by atoms with van der Waals surface area (Å²) in [5.41, 5.74) is 13.9. The van der Waals surface area contributed by atoms with Gasteiger partial charge in [-0.2, -0.15) is 0 Å². The van der Waals surface area contributed by atoms with E-state index in [0.29, 0.717) is 0 Å². The summed E-state index contributed by atoms with van der Waals surface area (Å²) in [6.45, 7) is 23.5. The summed E-state index contributed by atoms with van der Waals surface area (Å²) < 4.78 is 0. The molecule has 0 fully saturated rings. The van der Waals surface area contributed by atoms with E-state index in [1.54, 1.807) is 0 Å². The van der Waals surface area contributed by atoms with E-state index in [4.69, 9.17) is 0 Å². The summed E-state index contributed by atoms with van der Waals surface area (Å²) in [5.74, 6) is 0. The van der Waals surface area contributed by atoms with Gasteiger partial charge in [0.2, 0.25) is 0 Å². The van der Waals surface area contributed by atoms with Gasteiger partial charge in [0.05, 0.1) is 0 Å². The molecule has 0 radical (unpaired) electrons. The normalized spacial score (nSPS) is 17.9. The predicted molar refractivity (Wildman–Crippen MR) is 179 cm³/mol. The van der Waals surface area contributed by atoms with Gasteiger partial charge in [-0.1, -0.05) is 142 Å². The zero-order valence-electron chi connectivity index (χ0n) is 26.5. The molecule has 3 aromatic carbocycles. The molecule has 1 atom stereocenters. The molecule has 0 heterocycles.